The fourth-order valence-corrected chi connectivity index (χ4v) is 8.96. The van der Waals surface area contributed by atoms with Crippen molar-refractivity contribution in [3.63, 3.8) is 0 Å². The number of piperidine rings is 1. The van der Waals surface area contributed by atoms with Crippen LogP contribution in [0.2, 0.25) is 0 Å². The van der Waals surface area contributed by atoms with Crippen LogP contribution in [0.5, 0.6) is 5.75 Å². The minimum Gasteiger partial charge on any atom is -0.489 e. The molecule has 1 aliphatic rings. The summed E-state index contributed by atoms with van der Waals surface area (Å²) < 4.78 is 12.6. The zero-order valence-electron chi connectivity index (χ0n) is 40.5. The second-order valence-electron chi connectivity index (χ2n) is 20.0. The van der Waals surface area contributed by atoms with Gasteiger partial charge in [-0.1, -0.05) is 141 Å². The number of ether oxygens (including phenoxy) is 2. The molecule has 0 aliphatic carbocycles. The zero-order valence-corrected chi connectivity index (χ0v) is 40.5. The number of nitrogens with zero attached hydrogens (tertiary/aromatic N) is 2. The molecule has 344 valence electrons. The van der Waals surface area contributed by atoms with E-state index in [-0.39, 0.29) is 28.6 Å². The van der Waals surface area contributed by atoms with Crippen LogP contribution in [-0.2, 0) is 22.6 Å². The van der Waals surface area contributed by atoms with E-state index in [1.54, 1.807) is 24.3 Å². The van der Waals surface area contributed by atoms with Crippen molar-refractivity contribution in [1.82, 2.24) is 0 Å². The summed E-state index contributed by atoms with van der Waals surface area (Å²) in [7, 11) is 0. The van der Waals surface area contributed by atoms with Crippen molar-refractivity contribution in [2.75, 3.05) is 29.9 Å². The molecule has 5 rings (SSSR count). The molecule has 0 bridgehead atoms. The van der Waals surface area contributed by atoms with Crippen molar-refractivity contribution in [3.8, 4) is 5.75 Å². The minimum absolute atomic E-state index is 0.0547. The van der Waals surface area contributed by atoms with E-state index in [0.29, 0.717) is 40.4 Å². The normalized spacial score (nSPS) is 17.4. The van der Waals surface area contributed by atoms with Crippen LogP contribution < -0.4 is 15.0 Å². The highest BCUT2D eigenvalue weighted by Gasteiger charge is 2.38. The highest BCUT2D eigenvalue weighted by atomic mass is 16.6. The summed E-state index contributed by atoms with van der Waals surface area (Å²) in [5, 5.41) is 2.84. The summed E-state index contributed by atoms with van der Waals surface area (Å²) in [4.78, 5) is 42.9. The van der Waals surface area contributed by atoms with E-state index in [4.69, 9.17) is 9.47 Å². The van der Waals surface area contributed by atoms with Crippen LogP contribution in [0.25, 0.3) is 0 Å². The first-order valence-electron chi connectivity index (χ1n) is 23.8. The number of carbonyl (C=O) groups excluding carboxylic acids is 3. The predicted octanol–water partition coefficient (Wildman–Crippen LogP) is 13.7. The highest BCUT2D eigenvalue weighted by molar-refractivity contribution is 6.10. The lowest BCUT2D eigenvalue weighted by Gasteiger charge is -2.44. The van der Waals surface area contributed by atoms with Gasteiger partial charge in [0.25, 0.3) is 0 Å². The maximum absolute atomic E-state index is 14.5. The maximum atomic E-state index is 14.5. The highest BCUT2D eigenvalue weighted by Crippen LogP contribution is 2.48. The number of nitrogens with one attached hydrogen (secondary N) is 1. The van der Waals surface area contributed by atoms with Gasteiger partial charge in [0.05, 0.1) is 31.5 Å². The quantitative estimate of drug-likeness (QED) is 0.0543. The minimum atomic E-state index is -0.718. The predicted molar refractivity (Wildman–Crippen MR) is 263 cm³/mol. The molecule has 1 heterocycles. The van der Waals surface area contributed by atoms with Crippen molar-refractivity contribution >= 4 is 29.2 Å². The third-order valence-electron chi connectivity index (χ3n) is 13.9. The molecule has 1 fully saturated rings. The first kappa shape index (κ1) is 49.8. The van der Waals surface area contributed by atoms with Gasteiger partial charge in [0.15, 0.2) is 5.78 Å². The van der Waals surface area contributed by atoms with E-state index >= 15 is 0 Å². The number of hydrogen-bond donors (Lipinski definition) is 1. The average molecular weight is 871 g/mol. The van der Waals surface area contributed by atoms with E-state index < -0.39 is 11.7 Å². The molecular formula is C56H76N3O5+. The van der Waals surface area contributed by atoms with Crippen LogP contribution in [0.3, 0.4) is 0 Å². The van der Waals surface area contributed by atoms with E-state index in [2.05, 4.69) is 95.4 Å². The molecule has 8 heteroatoms. The summed E-state index contributed by atoms with van der Waals surface area (Å²) >= 11 is 0. The second kappa shape index (κ2) is 22.1. The third-order valence-corrected chi connectivity index (χ3v) is 13.9. The monoisotopic (exact) mass is 871 g/mol. The second-order valence-corrected chi connectivity index (χ2v) is 20.0. The molecule has 4 aromatic rings. The van der Waals surface area contributed by atoms with Gasteiger partial charge in [0.2, 0.25) is 5.91 Å². The number of ketones is 1. The van der Waals surface area contributed by atoms with Crippen LogP contribution in [0.1, 0.15) is 147 Å². The lowest BCUT2D eigenvalue weighted by atomic mass is 9.64. The molecule has 1 atom stereocenters. The topological polar surface area (TPSA) is 84.9 Å². The molecule has 2 amide bonds. The number of anilines is 2. The van der Waals surface area contributed by atoms with Crippen molar-refractivity contribution in [2.24, 2.45) is 10.8 Å². The maximum Gasteiger partial charge on any atom is 0.412 e. The van der Waals surface area contributed by atoms with Gasteiger partial charge in [0, 0.05) is 49.1 Å². The number of carbonyl (C=O) groups is 3. The summed E-state index contributed by atoms with van der Waals surface area (Å²) in [6.07, 6.45) is 10.4. The van der Waals surface area contributed by atoms with Gasteiger partial charge in [-0.3, -0.25) is 19.4 Å². The summed E-state index contributed by atoms with van der Waals surface area (Å²) in [6, 6.07) is 34.5. The number of rotatable bonds is 20. The molecule has 1 unspecified atom stereocenters. The smallest absolute Gasteiger partial charge is 0.412 e. The van der Waals surface area contributed by atoms with E-state index in [1.165, 1.54) is 11.1 Å². The molecule has 0 spiro atoms. The van der Waals surface area contributed by atoms with Crippen LogP contribution >= 0.6 is 0 Å². The third kappa shape index (κ3) is 13.7. The van der Waals surface area contributed by atoms with Crippen molar-refractivity contribution < 1.29 is 28.3 Å². The van der Waals surface area contributed by atoms with Crippen molar-refractivity contribution in [1.29, 1.82) is 0 Å². The summed E-state index contributed by atoms with van der Waals surface area (Å²) in [5.41, 5.74) is 4.95. The Bertz CT molecular complexity index is 2140. The molecule has 0 saturated carbocycles. The van der Waals surface area contributed by atoms with Gasteiger partial charge < -0.3 is 14.4 Å². The Morgan fingerprint density at radius 2 is 1.41 bits per heavy atom. The van der Waals surface area contributed by atoms with Crippen LogP contribution in [0.15, 0.2) is 115 Å². The molecule has 4 aromatic carbocycles. The SMILES string of the molecule is CCC(=O)N(c1ccccc1)C1CC[N+](/C=C/C(=O)c2cc(OCc3ccc(C(CC(C)(C)CC)C(C)(CC)CC)cc3)ccc2NC(=O)OC(C)(C)C)(CCc2ccccc2)CC1. The van der Waals surface area contributed by atoms with Gasteiger partial charge >= 0.3 is 6.09 Å². The molecule has 1 saturated heterocycles. The van der Waals surface area contributed by atoms with E-state index in [1.807, 2.05) is 75.2 Å². The Morgan fingerprint density at radius 1 is 0.781 bits per heavy atom. The summed E-state index contributed by atoms with van der Waals surface area (Å²) in [6.45, 7) is 24.1. The van der Waals surface area contributed by atoms with Gasteiger partial charge in [-0.2, -0.15) is 0 Å². The lowest BCUT2D eigenvalue weighted by molar-refractivity contribution is -0.884. The Balaban J connectivity index is 1.41. The van der Waals surface area contributed by atoms with Crippen LogP contribution in [0.4, 0.5) is 16.2 Å². The molecule has 1 N–H and O–H groups in total. The number of para-hydroxylation sites is 1. The number of likely N-dealkylation sites (tertiary alicyclic amines) is 1. The van der Waals surface area contributed by atoms with E-state index in [9.17, 15) is 14.4 Å². The van der Waals surface area contributed by atoms with Crippen LogP contribution in [0, 0.1) is 10.8 Å². The standard InChI is InChI=1S/C56H75N3O5/c1-11-52(61)58(45-23-19-16-20-24-45)46-32-36-59(37-33-46,35-31-42-21-17-15-18-22-42)38-34-51(60)48-39-47(29-30-50(48)57-53(62)64-54(5,6)7)63-41-43-25-27-44(28-26-43)49(40-55(8,9)12-2)56(10,13-3)14-4/h15-30,34,38-39,46,49H,11-14,31-33,35-37,40-41H2,1-10H3/p+1/b38-34+. The number of allylic oxidation sites excluding steroid dienone is 1. The number of benzene rings is 4. The van der Waals surface area contributed by atoms with Gasteiger partial charge in [-0.25, -0.2) is 4.79 Å². The molecule has 1 aliphatic heterocycles. The Morgan fingerprint density at radius 3 is 1.98 bits per heavy atom. The molecule has 0 aromatic heterocycles. The summed E-state index contributed by atoms with van der Waals surface area (Å²) in [5.74, 6) is 0.836. The fourth-order valence-electron chi connectivity index (χ4n) is 8.96. The number of quaternary nitrogens is 1. The van der Waals surface area contributed by atoms with E-state index in [0.717, 1.165) is 75.8 Å². The Labute approximate surface area is 385 Å². The fraction of sp³-hybridized carbons (Fsp3) is 0.482. The van der Waals surface area contributed by atoms with Crippen LogP contribution in [-0.4, -0.2) is 53.5 Å². The van der Waals surface area contributed by atoms with Gasteiger partial charge in [-0.15, -0.1) is 0 Å². The Hall–Kier alpha value is -5.21. The zero-order chi connectivity index (χ0) is 46.5. The van der Waals surface area contributed by atoms with Gasteiger partial charge in [-0.05, 0) is 91.0 Å². The lowest BCUT2D eigenvalue weighted by Crippen LogP contribution is -2.55. The van der Waals surface area contributed by atoms with Gasteiger partial charge in [0.1, 0.15) is 18.0 Å². The Kier molecular flexibility index (Phi) is 17.2. The molecule has 8 nitrogen and oxygen atoms in total. The number of amides is 2. The first-order chi connectivity index (χ1) is 30.4. The molecule has 0 radical (unpaired) electrons. The molecule has 64 heavy (non-hydrogen) atoms. The van der Waals surface area contributed by atoms with Crippen molar-refractivity contribution in [3.05, 3.63) is 138 Å². The number of hydrogen-bond acceptors (Lipinski definition) is 5. The molecular weight excluding hydrogens is 795 g/mol. The average Bonchev–Trinajstić information content (AvgIpc) is 3.29. The first-order valence-corrected chi connectivity index (χ1v) is 23.8. The van der Waals surface area contributed by atoms with Crippen molar-refractivity contribution in [2.45, 2.75) is 145 Å². The largest absolute Gasteiger partial charge is 0.489 e.